The number of nitrogens with two attached hydrogens (primary N) is 1. The quantitative estimate of drug-likeness (QED) is 0.775. The normalized spacial score (nSPS) is 10.8. The Bertz CT molecular complexity index is 770. The molecule has 0 saturated heterocycles. The van der Waals surface area contributed by atoms with E-state index in [1.54, 1.807) is 0 Å². The number of halogens is 1. The molecule has 0 spiro atoms. The summed E-state index contributed by atoms with van der Waals surface area (Å²) in [5.74, 6) is 0.878. The van der Waals surface area contributed by atoms with Gasteiger partial charge in [0.25, 0.3) is 0 Å². The fourth-order valence-electron chi connectivity index (χ4n) is 2.36. The van der Waals surface area contributed by atoms with Crippen LogP contribution in [-0.4, -0.2) is 6.54 Å². The van der Waals surface area contributed by atoms with Gasteiger partial charge in [0.05, 0.1) is 0 Å². The minimum atomic E-state index is -0.309. The first-order valence-electron chi connectivity index (χ1n) is 6.91. The van der Waals surface area contributed by atoms with Gasteiger partial charge in [0, 0.05) is 6.07 Å². The molecule has 0 saturated carbocycles. The van der Waals surface area contributed by atoms with E-state index < -0.39 is 0 Å². The lowest BCUT2D eigenvalue weighted by atomic mass is 10.1. The Morgan fingerprint density at radius 3 is 2.48 bits per heavy atom. The zero-order valence-corrected chi connectivity index (χ0v) is 11.6. The van der Waals surface area contributed by atoms with Gasteiger partial charge >= 0.3 is 0 Å². The van der Waals surface area contributed by atoms with Crippen LogP contribution in [0.5, 0.6) is 11.5 Å². The highest BCUT2D eigenvalue weighted by Crippen LogP contribution is 2.27. The second-order valence-corrected chi connectivity index (χ2v) is 4.94. The molecule has 2 N–H and O–H groups in total. The first-order chi connectivity index (χ1) is 10.2. The van der Waals surface area contributed by atoms with Gasteiger partial charge in [0.15, 0.2) is 0 Å². The predicted octanol–water partition coefficient (Wildman–Crippen LogP) is 4.27. The molecule has 3 aromatic rings. The van der Waals surface area contributed by atoms with Gasteiger partial charge in [0.2, 0.25) is 0 Å². The average molecular weight is 281 g/mol. The molecule has 0 aliphatic heterocycles. The Balaban J connectivity index is 1.90. The maximum Gasteiger partial charge on any atom is 0.130 e. The molecule has 106 valence electrons. The summed E-state index contributed by atoms with van der Waals surface area (Å²) in [7, 11) is 0. The number of hydrogen-bond acceptors (Lipinski definition) is 2. The minimum Gasteiger partial charge on any atom is -0.457 e. The van der Waals surface area contributed by atoms with Gasteiger partial charge in [-0.05, 0) is 53.6 Å². The van der Waals surface area contributed by atoms with Gasteiger partial charge in [-0.2, -0.15) is 0 Å². The second-order valence-electron chi connectivity index (χ2n) is 4.94. The highest BCUT2D eigenvalue weighted by atomic mass is 19.1. The fourth-order valence-corrected chi connectivity index (χ4v) is 2.36. The van der Waals surface area contributed by atoms with E-state index in [1.165, 1.54) is 12.1 Å². The van der Waals surface area contributed by atoms with Crippen molar-refractivity contribution in [2.75, 3.05) is 6.54 Å². The molecule has 0 aliphatic rings. The molecule has 0 aliphatic carbocycles. The van der Waals surface area contributed by atoms with Crippen LogP contribution in [0, 0.1) is 5.82 Å². The van der Waals surface area contributed by atoms with Crippen LogP contribution in [-0.2, 0) is 6.42 Å². The summed E-state index contributed by atoms with van der Waals surface area (Å²) in [4.78, 5) is 0. The van der Waals surface area contributed by atoms with E-state index in [0.717, 1.165) is 16.3 Å². The van der Waals surface area contributed by atoms with Crippen molar-refractivity contribution in [1.29, 1.82) is 0 Å². The number of fused-ring (bicyclic) bond motifs is 1. The monoisotopic (exact) mass is 281 g/mol. The Morgan fingerprint density at radius 1 is 0.857 bits per heavy atom. The lowest BCUT2D eigenvalue weighted by molar-refractivity contribution is 0.476. The third-order valence-corrected chi connectivity index (χ3v) is 3.32. The van der Waals surface area contributed by atoms with Crippen molar-refractivity contribution in [2.24, 2.45) is 5.73 Å². The first-order valence-corrected chi connectivity index (χ1v) is 6.91. The van der Waals surface area contributed by atoms with Crippen LogP contribution in [0.4, 0.5) is 4.39 Å². The van der Waals surface area contributed by atoms with Gasteiger partial charge in [-0.1, -0.05) is 30.3 Å². The highest BCUT2D eigenvalue weighted by molar-refractivity contribution is 5.83. The molecule has 3 rings (SSSR count). The molecule has 0 amide bonds. The van der Waals surface area contributed by atoms with Crippen LogP contribution in [0.15, 0.2) is 60.7 Å². The van der Waals surface area contributed by atoms with E-state index in [4.69, 9.17) is 10.5 Å². The SMILES string of the molecule is NCCc1cc(F)cc(Oc2ccc3ccccc3c2)c1. The predicted molar refractivity (Wildman–Crippen MR) is 83.2 cm³/mol. The van der Waals surface area contributed by atoms with E-state index in [9.17, 15) is 4.39 Å². The van der Waals surface area contributed by atoms with Crippen molar-refractivity contribution in [3.8, 4) is 11.5 Å². The van der Waals surface area contributed by atoms with Gasteiger partial charge in [-0.3, -0.25) is 0 Å². The molecular formula is C18H16FNO. The first kappa shape index (κ1) is 13.6. The molecule has 0 atom stereocenters. The van der Waals surface area contributed by atoms with Crippen LogP contribution < -0.4 is 10.5 Å². The largest absolute Gasteiger partial charge is 0.457 e. The summed E-state index contributed by atoms with van der Waals surface area (Å²) in [6.45, 7) is 0.485. The molecule has 0 heterocycles. The van der Waals surface area contributed by atoms with E-state index in [-0.39, 0.29) is 5.82 Å². The van der Waals surface area contributed by atoms with E-state index >= 15 is 0 Å². The summed E-state index contributed by atoms with van der Waals surface area (Å²) in [6.07, 6.45) is 0.631. The Morgan fingerprint density at radius 2 is 1.67 bits per heavy atom. The third-order valence-electron chi connectivity index (χ3n) is 3.32. The van der Waals surface area contributed by atoms with Crippen LogP contribution in [0.3, 0.4) is 0 Å². The zero-order valence-electron chi connectivity index (χ0n) is 11.6. The minimum absolute atomic E-state index is 0.309. The lowest BCUT2D eigenvalue weighted by Gasteiger charge is -2.09. The maximum absolute atomic E-state index is 13.6. The number of ether oxygens (including phenoxy) is 1. The second kappa shape index (κ2) is 5.94. The number of rotatable bonds is 4. The standard InChI is InChI=1S/C18H16FNO/c19-16-9-13(7-8-20)10-18(12-16)21-17-6-5-14-3-1-2-4-15(14)11-17/h1-6,9-12H,7-8,20H2. The van der Waals surface area contributed by atoms with Crippen molar-refractivity contribution in [3.05, 3.63) is 72.0 Å². The van der Waals surface area contributed by atoms with Crippen LogP contribution in [0.25, 0.3) is 10.8 Å². The van der Waals surface area contributed by atoms with Crippen molar-refractivity contribution in [1.82, 2.24) is 0 Å². The highest BCUT2D eigenvalue weighted by Gasteiger charge is 2.04. The molecule has 0 aromatic heterocycles. The summed E-state index contributed by atoms with van der Waals surface area (Å²) in [6, 6.07) is 18.6. The molecule has 0 fully saturated rings. The smallest absolute Gasteiger partial charge is 0.130 e. The van der Waals surface area contributed by atoms with Crippen LogP contribution in [0.2, 0.25) is 0 Å². The Kier molecular flexibility index (Phi) is 3.84. The summed E-state index contributed by atoms with van der Waals surface area (Å²) in [5.41, 5.74) is 6.35. The van der Waals surface area contributed by atoms with Gasteiger partial charge in [-0.15, -0.1) is 0 Å². The molecule has 3 aromatic carbocycles. The lowest BCUT2D eigenvalue weighted by Crippen LogP contribution is -2.03. The molecule has 0 bridgehead atoms. The van der Waals surface area contributed by atoms with Gasteiger partial charge in [0.1, 0.15) is 17.3 Å². The van der Waals surface area contributed by atoms with Crippen LogP contribution in [0.1, 0.15) is 5.56 Å². The van der Waals surface area contributed by atoms with E-state index in [1.807, 2.05) is 48.5 Å². The summed E-state index contributed by atoms with van der Waals surface area (Å²) < 4.78 is 19.4. The Hall–Kier alpha value is -2.39. The Labute approximate surface area is 123 Å². The molecule has 2 nitrogen and oxygen atoms in total. The van der Waals surface area contributed by atoms with Crippen molar-refractivity contribution in [3.63, 3.8) is 0 Å². The third kappa shape index (κ3) is 3.20. The van der Waals surface area contributed by atoms with Gasteiger partial charge < -0.3 is 10.5 Å². The summed E-state index contributed by atoms with van der Waals surface area (Å²) in [5, 5.41) is 2.24. The fraction of sp³-hybridized carbons (Fsp3) is 0.111. The molecule has 0 unspecified atom stereocenters. The van der Waals surface area contributed by atoms with Gasteiger partial charge in [-0.25, -0.2) is 4.39 Å². The van der Waals surface area contributed by atoms with Crippen LogP contribution >= 0.6 is 0 Å². The molecule has 3 heteroatoms. The number of hydrogen-bond donors (Lipinski definition) is 1. The summed E-state index contributed by atoms with van der Waals surface area (Å²) >= 11 is 0. The van der Waals surface area contributed by atoms with E-state index in [2.05, 4.69) is 0 Å². The van der Waals surface area contributed by atoms with Crippen molar-refractivity contribution < 1.29 is 9.13 Å². The maximum atomic E-state index is 13.6. The van der Waals surface area contributed by atoms with Crippen molar-refractivity contribution in [2.45, 2.75) is 6.42 Å². The zero-order chi connectivity index (χ0) is 14.7. The van der Waals surface area contributed by atoms with Crippen molar-refractivity contribution >= 4 is 10.8 Å². The molecule has 0 radical (unpaired) electrons. The topological polar surface area (TPSA) is 35.2 Å². The molecule has 21 heavy (non-hydrogen) atoms. The number of benzene rings is 3. The average Bonchev–Trinajstić information content (AvgIpc) is 2.47. The van der Waals surface area contributed by atoms with E-state index in [0.29, 0.717) is 24.5 Å². The molecular weight excluding hydrogens is 265 g/mol.